The molecule has 0 aromatic carbocycles. The predicted molar refractivity (Wildman–Crippen MR) is 39.1 cm³/mol. The highest BCUT2D eigenvalue weighted by Gasteiger charge is 2.29. The van der Waals surface area contributed by atoms with Gasteiger partial charge in [-0.05, 0) is 13.0 Å². The van der Waals surface area contributed by atoms with E-state index in [9.17, 15) is 4.79 Å². The zero-order chi connectivity index (χ0) is 8.27. The van der Waals surface area contributed by atoms with Gasteiger partial charge in [0, 0.05) is 12.5 Å². The van der Waals surface area contributed by atoms with Crippen molar-refractivity contribution in [2.45, 2.75) is 6.42 Å². The van der Waals surface area contributed by atoms with Crippen molar-refractivity contribution in [1.82, 2.24) is 0 Å². The van der Waals surface area contributed by atoms with E-state index in [2.05, 4.69) is 0 Å². The molecule has 4 heteroatoms. The summed E-state index contributed by atoms with van der Waals surface area (Å²) in [5.41, 5.74) is 5.39. The van der Waals surface area contributed by atoms with E-state index in [1.54, 1.807) is 0 Å². The minimum Gasteiger partial charge on any atom is -0.481 e. The molecule has 1 heterocycles. The smallest absolute Gasteiger partial charge is 0.307 e. The van der Waals surface area contributed by atoms with Crippen LogP contribution in [0, 0.1) is 11.8 Å². The lowest BCUT2D eigenvalue weighted by Gasteiger charge is -2.27. The van der Waals surface area contributed by atoms with Gasteiger partial charge in [-0.2, -0.15) is 0 Å². The second-order valence-electron chi connectivity index (χ2n) is 2.80. The Kier molecular flexibility index (Phi) is 2.84. The fourth-order valence-electron chi connectivity index (χ4n) is 1.35. The van der Waals surface area contributed by atoms with Crippen molar-refractivity contribution in [3.8, 4) is 0 Å². The summed E-state index contributed by atoms with van der Waals surface area (Å²) in [5.74, 6) is -1.04. The Bertz CT molecular complexity index is 149. The fraction of sp³-hybridized carbons (Fsp3) is 0.857. The highest BCUT2D eigenvalue weighted by Crippen LogP contribution is 2.20. The van der Waals surface area contributed by atoms with Gasteiger partial charge >= 0.3 is 5.97 Å². The molecule has 0 bridgehead atoms. The molecule has 1 aliphatic heterocycles. The lowest BCUT2D eigenvalue weighted by Crippen LogP contribution is -2.37. The van der Waals surface area contributed by atoms with E-state index < -0.39 is 5.97 Å². The maximum atomic E-state index is 10.6. The maximum Gasteiger partial charge on any atom is 0.307 e. The summed E-state index contributed by atoms with van der Waals surface area (Å²) in [4.78, 5) is 10.6. The number of hydrogen-bond acceptors (Lipinski definition) is 3. The second-order valence-corrected chi connectivity index (χ2v) is 2.80. The van der Waals surface area contributed by atoms with Gasteiger partial charge in [-0.3, -0.25) is 4.79 Å². The summed E-state index contributed by atoms with van der Waals surface area (Å²) in [5, 5.41) is 8.73. The largest absolute Gasteiger partial charge is 0.481 e. The number of nitrogens with two attached hydrogens (primary N) is 1. The first kappa shape index (κ1) is 8.49. The maximum absolute atomic E-state index is 10.6. The fourth-order valence-corrected chi connectivity index (χ4v) is 1.35. The van der Waals surface area contributed by atoms with Gasteiger partial charge in [0.1, 0.15) is 0 Å². The van der Waals surface area contributed by atoms with Crippen LogP contribution in [0.15, 0.2) is 0 Å². The third-order valence-electron chi connectivity index (χ3n) is 2.09. The van der Waals surface area contributed by atoms with Crippen LogP contribution in [0.3, 0.4) is 0 Å². The molecular weight excluding hydrogens is 146 g/mol. The molecule has 1 fully saturated rings. The van der Waals surface area contributed by atoms with Crippen molar-refractivity contribution < 1.29 is 14.6 Å². The molecule has 1 rings (SSSR count). The Labute approximate surface area is 65.3 Å². The molecule has 0 amide bonds. The highest BCUT2D eigenvalue weighted by atomic mass is 16.5. The van der Waals surface area contributed by atoms with Gasteiger partial charge in [0.05, 0.1) is 12.5 Å². The quantitative estimate of drug-likeness (QED) is 0.579. The summed E-state index contributed by atoms with van der Waals surface area (Å²) < 4.78 is 5.11. The Hall–Kier alpha value is -0.610. The molecule has 0 saturated carbocycles. The van der Waals surface area contributed by atoms with E-state index in [4.69, 9.17) is 15.6 Å². The molecule has 0 aromatic heterocycles. The average Bonchev–Trinajstić information content (AvgIpc) is 2.04. The molecule has 1 saturated heterocycles. The van der Waals surface area contributed by atoms with Crippen molar-refractivity contribution >= 4 is 5.97 Å². The number of aliphatic carboxylic acids is 1. The Balaban J connectivity index is 2.51. The van der Waals surface area contributed by atoms with Gasteiger partial charge in [0.2, 0.25) is 0 Å². The minimum absolute atomic E-state index is 0.00116. The van der Waals surface area contributed by atoms with Crippen molar-refractivity contribution in [2.75, 3.05) is 19.8 Å². The second kappa shape index (κ2) is 3.69. The van der Waals surface area contributed by atoms with Crippen LogP contribution in [0.2, 0.25) is 0 Å². The van der Waals surface area contributed by atoms with Crippen molar-refractivity contribution in [1.29, 1.82) is 0 Å². The normalized spacial score (nSPS) is 31.7. The Morgan fingerprint density at radius 3 is 2.91 bits per heavy atom. The molecule has 4 nitrogen and oxygen atoms in total. The van der Waals surface area contributed by atoms with E-state index in [0.717, 1.165) is 0 Å². The van der Waals surface area contributed by atoms with Gasteiger partial charge in [-0.1, -0.05) is 0 Å². The van der Waals surface area contributed by atoms with Gasteiger partial charge in [0.15, 0.2) is 0 Å². The summed E-state index contributed by atoms with van der Waals surface area (Å²) in [6.45, 7) is 1.44. The van der Waals surface area contributed by atoms with E-state index in [0.29, 0.717) is 26.2 Å². The van der Waals surface area contributed by atoms with Crippen LogP contribution in [-0.4, -0.2) is 30.8 Å². The van der Waals surface area contributed by atoms with E-state index in [-0.39, 0.29) is 11.8 Å². The number of carboxylic acids is 1. The first-order chi connectivity index (χ1) is 5.25. The summed E-state index contributed by atoms with van der Waals surface area (Å²) >= 11 is 0. The number of rotatable bonds is 2. The third-order valence-corrected chi connectivity index (χ3v) is 2.09. The number of carbonyl (C=O) groups is 1. The molecule has 0 unspecified atom stereocenters. The zero-order valence-electron chi connectivity index (χ0n) is 6.32. The lowest BCUT2D eigenvalue weighted by molar-refractivity contribution is -0.148. The molecule has 0 aromatic rings. The van der Waals surface area contributed by atoms with Crippen LogP contribution in [-0.2, 0) is 9.53 Å². The lowest BCUT2D eigenvalue weighted by atomic mass is 9.89. The van der Waals surface area contributed by atoms with E-state index in [1.165, 1.54) is 0 Å². The van der Waals surface area contributed by atoms with Crippen LogP contribution in [0.4, 0.5) is 0 Å². The molecule has 3 N–H and O–H groups in total. The van der Waals surface area contributed by atoms with Gasteiger partial charge in [-0.15, -0.1) is 0 Å². The molecule has 0 spiro atoms. The van der Waals surface area contributed by atoms with Gasteiger partial charge < -0.3 is 15.6 Å². The number of hydrogen-bond donors (Lipinski definition) is 2. The van der Waals surface area contributed by atoms with Crippen LogP contribution in [0.5, 0.6) is 0 Å². The number of carboxylic acid groups (broad SMARTS) is 1. The zero-order valence-corrected chi connectivity index (χ0v) is 6.32. The predicted octanol–water partition coefficient (Wildman–Crippen LogP) is -0.318. The van der Waals surface area contributed by atoms with E-state index in [1.807, 2.05) is 0 Å². The summed E-state index contributed by atoms with van der Waals surface area (Å²) in [7, 11) is 0. The van der Waals surface area contributed by atoms with Crippen LogP contribution in [0.1, 0.15) is 6.42 Å². The molecular formula is C7H13NO3. The summed E-state index contributed by atoms with van der Waals surface area (Å²) in [6.07, 6.45) is 0.594. The highest BCUT2D eigenvalue weighted by molar-refractivity contribution is 5.70. The molecule has 1 aliphatic rings. The van der Waals surface area contributed by atoms with Crippen LogP contribution < -0.4 is 5.73 Å². The SMILES string of the molecule is NC[C@@H]1COCC[C@H]1C(=O)O. The molecule has 11 heavy (non-hydrogen) atoms. The topological polar surface area (TPSA) is 72.5 Å². The van der Waals surface area contributed by atoms with Crippen LogP contribution in [0.25, 0.3) is 0 Å². The van der Waals surface area contributed by atoms with Gasteiger partial charge in [0.25, 0.3) is 0 Å². The minimum atomic E-state index is -0.747. The first-order valence-corrected chi connectivity index (χ1v) is 3.76. The van der Waals surface area contributed by atoms with Gasteiger partial charge in [-0.25, -0.2) is 0 Å². The Morgan fingerprint density at radius 2 is 2.45 bits per heavy atom. The monoisotopic (exact) mass is 159 g/mol. The molecule has 64 valence electrons. The summed E-state index contributed by atoms with van der Waals surface area (Å²) in [6, 6.07) is 0. The first-order valence-electron chi connectivity index (χ1n) is 3.76. The van der Waals surface area contributed by atoms with Crippen molar-refractivity contribution in [2.24, 2.45) is 17.6 Å². The van der Waals surface area contributed by atoms with E-state index >= 15 is 0 Å². The van der Waals surface area contributed by atoms with Crippen molar-refractivity contribution in [3.63, 3.8) is 0 Å². The molecule has 2 atom stereocenters. The molecule has 0 aliphatic carbocycles. The third kappa shape index (κ3) is 1.91. The number of ether oxygens (including phenoxy) is 1. The molecule has 0 radical (unpaired) electrons. The van der Waals surface area contributed by atoms with Crippen molar-refractivity contribution in [3.05, 3.63) is 0 Å². The Morgan fingerprint density at radius 1 is 1.73 bits per heavy atom. The van der Waals surface area contributed by atoms with Crippen LogP contribution >= 0.6 is 0 Å². The average molecular weight is 159 g/mol. The standard InChI is InChI=1S/C7H13NO3/c8-3-5-4-11-2-1-6(5)7(9)10/h5-6H,1-4,8H2,(H,9,10)/t5-,6-/m1/s1.